The molecule has 1 aliphatic carbocycles. The molecule has 0 N–H and O–H groups in total. The number of aromatic nitrogens is 2. The first-order valence-electron chi connectivity index (χ1n) is 7.19. The van der Waals surface area contributed by atoms with Gasteiger partial charge in [0.25, 0.3) is 19.1 Å². The molecule has 134 valence electrons. The van der Waals surface area contributed by atoms with Crippen LogP contribution in [0.5, 0.6) is 0 Å². The lowest BCUT2D eigenvalue weighted by Gasteiger charge is -2.29. The van der Waals surface area contributed by atoms with E-state index >= 15 is 0 Å². The molecular formula is C15H14BrClN2O4S2. The Morgan fingerprint density at radius 1 is 1.32 bits per heavy atom. The van der Waals surface area contributed by atoms with E-state index in [9.17, 15) is 16.8 Å². The highest BCUT2D eigenvalue weighted by Gasteiger charge is 2.43. The Kier molecular flexibility index (Phi) is 4.42. The third kappa shape index (κ3) is 2.97. The SMILES string of the molecule is CC1=CC(C)(S(=O)(=O)n2c(S(=O)(=O)Cl)cc3cccnc32)CC=C1Br. The van der Waals surface area contributed by atoms with Crippen LogP contribution in [0.25, 0.3) is 11.0 Å². The molecule has 1 atom stereocenters. The molecule has 0 aliphatic heterocycles. The summed E-state index contributed by atoms with van der Waals surface area (Å²) in [6.07, 6.45) is 4.94. The summed E-state index contributed by atoms with van der Waals surface area (Å²) in [7, 11) is -2.96. The lowest BCUT2D eigenvalue weighted by molar-refractivity contribution is 0.546. The molecule has 0 saturated carbocycles. The van der Waals surface area contributed by atoms with Gasteiger partial charge in [-0.2, -0.15) is 0 Å². The van der Waals surface area contributed by atoms with Crippen molar-refractivity contribution in [1.29, 1.82) is 0 Å². The number of halogens is 2. The van der Waals surface area contributed by atoms with E-state index in [0.717, 1.165) is 14.0 Å². The molecule has 1 aliphatic rings. The van der Waals surface area contributed by atoms with E-state index in [0.29, 0.717) is 5.39 Å². The first-order chi connectivity index (χ1) is 11.5. The molecule has 3 rings (SSSR count). The van der Waals surface area contributed by atoms with Crippen LogP contribution in [0.15, 0.2) is 51.6 Å². The maximum atomic E-state index is 13.4. The molecular weight excluding hydrogens is 452 g/mol. The Morgan fingerprint density at radius 2 is 2.00 bits per heavy atom. The van der Waals surface area contributed by atoms with Gasteiger partial charge in [0, 0.05) is 26.7 Å². The minimum absolute atomic E-state index is 0.0302. The summed E-state index contributed by atoms with van der Waals surface area (Å²) in [4.78, 5) is 4.06. The molecule has 25 heavy (non-hydrogen) atoms. The summed E-state index contributed by atoms with van der Waals surface area (Å²) >= 11 is 3.37. The van der Waals surface area contributed by atoms with E-state index in [1.807, 2.05) is 0 Å². The zero-order valence-electron chi connectivity index (χ0n) is 13.3. The van der Waals surface area contributed by atoms with Crippen LogP contribution in [-0.2, 0) is 19.1 Å². The van der Waals surface area contributed by atoms with Gasteiger partial charge in [-0.25, -0.2) is 25.8 Å². The van der Waals surface area contributed by atoms with Gasteiger partial charge in [-0.3, -0.25) is 0 Å². The van der Waals surface area contributed by atoms with Gasteiger partial charge in [0.05, 0.1) is 0 Å². The molecule has 1 unspecified atom stereocenters. The molecule has 0 radical (unpaired) electrons. The van der Waals surface area contributed by atoms with Gasteiger partial charge in [-0.15, -0.1) is 0 Å². The Bertz CT molecular complexity index is 1150. The van der Waals surface area contributed by atoms with Crippen LogP contribution in [0, 0.1) is 0 Å². The highest BCUT2D eigenvalue weighted by molar-refractivity contribution is 9.12. The van der Waals surface area contributed by atoms with Crippen molar-refractivity contribution < 1.29 is 16.8 Å². The standard InChI is InChI=1S/C15H14BrClN2O4S2/c1-10-9-15(2,6-5-12(10)16)25(22,23)19-13(24(17,20)21)8-11-4-3-7-18-14(11)19/h3-5,7-9H,6H2,1-2H3. The van der Waals surface area contributed by atoms with Crippen molar-refractivity contribution in [2.24, 2.45) is 0 Å². The van der Waals surface area contributed by atoms with Crippen molar-refractivity contribution in [2.45, 2.75) is 30.0 Å². The predicted molar refractivity (Wildman–Crippen MR) is 101 cm³/mol. The van der Waals surface area contributed by atoms with Gasteiger partial charge >= 0.3 is 0 Å². The molecule has 0 saturated heterocycles. The third-order valence-corrected chi connectivity index (χ3v) is 8.81. The first-order valence-corrected chi connectivity index (χ1v) is 11.7. The van der Waals surface area contributed by atoms with Crippen molar-refractivity contribution in [3.8, 4) is 0 Å². The second kappa shape index (κ2) is 5.94. The largest absolute Gasteiger partial charge is 0.277 e. The third-order valence-electron chi connectivity index (χ3n) is 4.15. The fourth-order valence-corrected chi connectivity index (χ4v) is 6.40. The normalized spacial score (nSPS) is 21.9. The van der Waals surface area contributed by atoms with E-state index in [-0.39, 0.29) is 12.1 Å². The van der Waals surface area contributed by atoms with Gasteiger partial charge in [0.2, 0.25) is 0 Å². The summed E-state index contributed by atoms with van der Waals surface area (Å²) in [5, 5.41) is -0.133. The minimum Gasteiger partial charge on any atom is -0.237 e. The molecule has 2 aromatic heterocycles. The quantitative estimate of drug-likeness (QED) is 0.647. The fraction of sp³-hybridized carbons (Fsp3) is 0.267. The van der Waals surface area contributed by atoms with Crippen molar-refractivity contribution in [3.05, 3.63) is 46.6 Å². The van der Waals surface area contributed by atoms with E-state index in [2.05, 4.69) is 20.9 Å². The molecule has 0 amide bonds. The number of allylic oxidation sites excluding steroid dienone is 3. The van der Waals surface area contributed by atoms with Gasteiger partial charge in [-0.05, 0) is 44.0 Å². The molecule has 0 bridgehead atoms. The Hall–Kier alpha value is -1.16. The van der Waals surface area contributed by atoms with E-state index in [4.69, 9.17) is 10.7 Å². The molecule has 2 heterocycles. The molecule has 6 nitrogen and oxygen atoms in total. The fourth-order valence-electron chi connectivity index (χ4n) is 2.82. The maximum absolute atomic E-state index is 13.4. The lowest BCUT2D eigenvalue weighted by atomic mass is 9.98. The monoisotopic (exact) mass is 464 g/mol. The van der Waals surface area contributed by atoms with Crippen LogP contribution in [-0.4, -0.2) is 30.5 Å². The van der Waals surface area contributed by atoms with Crippen LogP contribution >= 0.6 is 26.6 Å². The lowest BCUT2D eigenvalue weighted by Crippen LogP contribution is -2.39. The van der Waals surface area contributed by atoms with Gasteiger partial charge in [-0.1, -0.05) is 28.1 Å². The summed E-state index contributed by atoms with van der Waals surface area (Å²) < 4.78 is 51.0. The zero-order chi connectivity index (χ0) is 18.6. The van der Waals surface area contributed by atoms with Crippen LogP contribution < -0.4 is 0 Å². The second-order valence-corrected chi connectivity index (χ2v) is 11.6. The Balaban J connectivity index is 2.36. The topological polar surface area (TPSA) is 86.1 Å². The summed E-state index contributed by atoms with van der Waals surface area (Å²) in [6, 6.07) is 4.40. The van der Waals surface area contributed by atoms with Gasteiger partial charge in [0.1, 0.15) is 4.75 Å². The van der Waals surface area contributed by atoms with Crippen LogP contribution in [0.1, 0.15) is 20.3 Å². The average Bonchev–Trinajstić information content (AvgIpc) is 2.91. The first kappa shape index (κ1) is 18.6. The van der Waals surface area contributed by atoms with Crippen LogP contribution in [0.2, 0.25) is 0 Å². The number of hydrogen-bond donors (Lipinski definition) is 0. The number of nitrogens with zero attached hydrogens (tertiary/aromatic N) is 2. The van der Waals surface area contributed by atoms with E-state index in [1.54, 1.807) is 38.1 Å². The number of pyridine rings is 1. The highest BCUT2D eigenvalue weighted by atomic mass is 79.9. The Morgan fingerprint density at radius 3 is 2.60 bits per heavy atom. The summed E-state index contributed by atoms with van der Waals surface area (Å²) in [5.74, 6) is 0. The second-order valence-electron chi connectivity index (χ2n) is 6.00. The van der Waals surface area contributed by atoms with Crippen molar-refractivity contribution in [1.82, 2.24) is 8.96 Å². The maximum Gasteiger partial charge on any atom is 0.277 e. The molecule has 10 heteroatoms. The molecule has 0 aromatic carbocycles. The Labute approximate surface area is 158 Å². The number of fused-ring (bicyclic) bond motifs is 1. The minimum atomic E-state index is -4.30. The smallest absolute Gasteiger partial charge is 0.237 e. The number of hydrogen-bond acceptors (Lipinski definition) is 5. The number of rotatable bonds is 3. The summed E-state index contributed by atoms with van der Waals surface area (Å²) in [5.41, 5.74) is 0.777. The van der Waals surface area contributed by atoms with Gasteiger partial charge in [0.15, 0.2) is 10.7 Å². The summed E-state index contributed by atoms with van der Waals surface area (Å²) in [6.45, 7) is 3.32. The van der Waals surface area contributed by atoms with Crippen molar-refractivity contribution in [3.63, 3.8) is 0 Å². The zero-order valence-corrected chi connectivity index (χ0v) is 17.2. The van der Waals surface area contributed by atoms with Crippen LogP contribution in [0.3, 0.4) is 0 Å². The van der Waals surface area contributed by atoms with Gasteiger partial charge < -0.3 is 0 Å². The van der Waals surface area contributed by atoms with E-state index in [1.165, 1.54) is 12.3 Å². The van der Waals surface area contributed by atoms with Crippen LogP contribution in [0.4, 0.5) is 0 Å². The molecule has 0 fully saturated rings. The molecule has 0 spiro atoms. The average molecular weight is 466 g/mol. The predicted octanol–water partition coefficient (Wildman–Crippen LogP) is 3.53. The van der Waals surface area contributed by atoms with E-state index < -0.39 is 28.8 Å². The molecule has 2 aromatic rings. The van der Waals surface area contributed by atoms with Crippen molar-refractivity contribution in [2.75, 3.05) is 0 Å². The highest BCUT2D eigenvalue weighted by Crippen LogP contribution is 2.38. The van der Waals surface area contributed by atoms with Crippen molar-refractivity contribution >= 4 is 56.7 Å².